The summed E-state index contributed by atoms with van der Waals surface area (Å²) in [5, 5.41) is 0. The molecule has 0 aliphatic rings. The van der Waals surface area contributed by atoms with E-state index in [0.29, 0.717) is 0 Å². The lowest BCUT2D eigenvalue weighted by atomic mass is 10.1. The van der Waals surface area contributed by atoms with Crippen LogP contribution in [-0.2, 0) is 4.74 Å². The first-order valence-corrected chi connectivity index (χ1v) is 13.5. The van der Waals surface area contributed by atoms with E-state index in [0.717, 1.165) is 19.6 Å². The van der Waals surface area contributed by atoms with Crippen molar-refractivity contribution in [3.63, 3.8) is 0 Å². The van der Waals surface area contributed by atoms with Crippen molar-refractivity contribution in [2.75, 3.05) is 13.2 Å². The van der Waals surface area contributed by atoms with Gasteiger partial charge < -0.3 is 4.74 Å². The molecule has 0 atom stereocenters. The van der Waals surface area contributed by atoms with E-state index in [2.05, 4.69) is 27.4 Å². The fourth-order valence-electron chi connectivity index (χ4n) is 3.49. The van der Waals surface area contributed by atoms with Crippen LogP contribution in [0.3, 0.4) is 0 Å². The quantitative estimate of drug-likeness (QED) is 0.120. The van der Waals surface area contributed by atoms with E-state index in [-0.39, 0.29) is 0 Å². The van der Waals surface area contributed by atoms with Gasteiger partial charge in [-0.15, -0.1) is 6.58 Å². The van der Waals surface area contributed by atoms with E-state index >= 15 is 0 Å². The maximum Gasteiger partial charge on any atom is 0.0466 e. The summed E-state index contributed by atoms with van der Waals surface area (Å²) < 4.78 is 5.78. The van der Waals surface area contributed by atoms with Gasteiger partial charge in [0.25, 0.3) is 0 Å². The Morgan fingerprint density at radius 2 is 0.690 bits per heavy atom. The van der Waals surface area contributed by atoms with Gasteiger partial charge in [0.15, 0.2) is 0 Å². The highest BCUT2D eigenvalue weighted by atomic mass is 16.5. The fraction of sp³-hybridized carbons (Fsp3) is 0.929. The van der Waals surface area contributed by atoms with Crippen LogP contribution >= 0.6 is 0 Å². The summed E-state index contributed by atoms with van der Waals surface area (Å²) in [5.41, 5.74) is 0. The zero-order valence-electron chi connectivity index (χ0n) is 21.0. The summed E-state index contributed by atoms with van der Waals surface area (Å²) in [6, 6.07) is 0. The van der Waals surface area contributed by atoms with Crippen molar-refractivity contribution in [2.45, 2.75) is 156 Å². The Balaban J connectivity index is 0. The van der Waals surface area contributed by atoms with E-state index in [4.69, 9.17) is 4.74 Å². The van der Waals surface area contributed by atoms with Crippen LogP contribution < -0.4 is 0 Å². The van der Waals surface area contributed by atoms with Gasteiger partial charge in [-0.1, -0.05) is 142 Å². The highest BCUT2D eigenvalue weighted by molar-refractivity contribution is 4.60. The topological polar surface area (TPSA) is 9.23 Å². The summed E-state index contributed by atoms with van der Waals surface area (Å²) in [7, 11) is 0. The summed E-state index contributed by atoms with van der Waals surface area (Å²) in [6.45, 7) is 12.1. The first-order valence-electron chi connectivity index (χ1n) is 13.5. The van der Waals surface area contributed by atoms with Gasteiger partial charge in [-0.3, -0.25) is 0 Å². The third kappa shape index (κ3) is 35.5. The molecule has 0 radical (unpaired) electrons. The summed E-state index contributed by atoms with van der Waals surface area (Å²) in [4.78, 5) is 0. The molecule has 0 bridgehead atoms. The SMILES string of the molecule is C=CCC.CCCCCCCCCCCCOCCCCCCCCCCCC. The second-order valence-corrected chi connectivity index (χ2v) is 8.67. The molecule has 0 amide bonds. The molecule has 0 N–H and O–H groups in total. The molecule has 0 saturated heterocycles. The monoisotopic (exact) mass is 410 g/mol. The second kappa shape index (κ2) is 32.4. The molecular formula is C28H58O. The lowest BCUT2D eigenvalue weighted by Crippen LogP contribution is -1.97. The number of rotatable bonds is 23. The van der Waals surface area contributed by atoms with Gasteiger partial charge in [0.05, 0.1) is 0 Å². The molecule has 0 aromatic carbocycles. The molecule has 1 nitrogen and oxygen atoms in total. The van der Waals surface area contributed by atoms with Crippen molar-refractivity contribution in [1.82, 2.24) is 0 Å². The van der Waals surface area contributed by atoms with Gasteiger partial charge >= 0.3 is 0 Å². The Labute approximate surface area is 186 Å². The molecule has 0 fully saturated rings. The predicted octanol–water partition coefficient (Wildman–Crippen LogP) is 10.4. The van der Waals surface area contributed by atoms with Crippen molar-refractivity contribution in [1.29, 1.82) is 0 Å². The first-order chi connectivity index (χ1) is 14.3. The predicted molar refractivity (Wildman–Crippen MR) is 135 cm³/mol. The third-order valence-electron chi connectivity index (χ3n) is 5.57. The summed E-state index contributed by atoms with van der Waals surface area (Å²) in [6.07, 6.45) is 31.1. The third-order valence-corrected chi connectivity index (χ3v) is 5.57. The van der Waals surface area contributed by atoms with E-state index in [9.17, 15) is 0 Å². The molecular weight excluding hydrogens is 352 g/mol. The lowest BCUT2D eigenvalue weighted by molar-refractivity contribution is 0.125. The van der Waals surface area contributed by atoms with Crippen LogP contribution in [0.2, 0.25) is 0 Å². The lowest BCUT2D eigenvalue weighted by Gasteiger charge is -2.05. The van der Waals surface area contributed by atoms with E-state index in [1.54, 1.807) is 0 Å². The normalized spacial score (nSPS) is 10.6. The van der Waals surface area contributed by atoms with Crippen LogP contribution in [0, 0.1) is 0 Å². The standard InChI is InChI=1S/C24H50O.C4H8/c1-3-5-7-9-11-13-15-17-19-21-23-25-24-22-20-18-16-14-12-10-8-6-4-2;1-3-4-2/h3-24H2,1-2H3;3H,1,4H2,2H3. The number of hydrogen-bond donors (Lipinski definition) is 0. The van der Waals surface area contributed by atoms with Crippen molar-refractivity contribution >= 4 is 0 Å². The number of ether oxygens (including phenoxy) is 1. The first kappa shape index (κ1) is 30.9. The van der Waals surface area contributed by atoms with E-state index in [1.807, 2.05) is 6.08 Å². The molecule has 0 aliphatic carbocycles. The molecule has 0 unspecified atom stereocenters. The van der Waals surface area contributed by atoms with Crippen molar-refractivity contribution in [3.8, 4) is 0 Å². The van der Waals surface area contributed by atoms with Gasteiger partial charge in [-0.2, -0.15) is 0 Å². The smallest absolute Gasteiger partial charge is 0.0466 e. The Morgan fingerprint density at radius 3 is 0.931 bits per heavy atom. The van der Waals surface area contributed by atoms with Gasteiger partial charge in [0.1, 0.15) is 0 Å². The van der Waals surface area contributed by atoms with Gasteiger partial charge in [-0.25, -0.2) is 0 Å². The highest BCUT2D eigenvalue weighted by Crippen LogP contribution is 2.12. The molecule has 176 valence electrons. The van der Waals surface area contributed by atoms with E-state index in [1.165, 1.54) is 128 Å². The number of unbranched alkanes of at least 4 members (excludes halogenated alkanes) is 18. The molecule has 1 heteroatoms. The maximum atomic E-state index is 5.78. The minimum absolute atomic E-state index is 0.994. The minimum Gasteiger partial charge on any atom is -0.381 e. The Kier molecular flexibility index (Phi) is 34.5. The Hall–Kier alpha value is -0.300. The van der Waals surface area contributed by atoms with Gasteiger partial charge in [-0.05, 0) is 19.3 Å². The van der Waals surface area contributed by atoms with Crippen LogP contribution in [0.15, 0.2) is 12.7 Å². The number of allylic oxidation sites excluding steroid dienone is 1. The minimum atomic E-state index is 0.994. The zero-order chi connectivity index (χ0) is 21.7. The molecule has 0 spiro atoms. The highest BCUT2D eigenvalue weighted by Gasteiger charge is 1.95. The van der Waals surface area contributed by atoms with Crippen molar-refractivity contribution < 1.29 is 4.74 Å². The molecule has 0 saturated carbocycles. The summed E-state index contributed by atoms with van der Waals surface area (Å²) >= 11 is 0. The van der Waals surface area contributed by atoms with Crippen LogP contribution in [0.5, 0.6) is 0 Å². The van der Waals surface area contributed by atoms with Crippen LogP contribution in [0.4, 0.5) is 0 Å². The molecule has 0 aromatic rings. The zero-order valence-corrected chi connectivity index (χ0v) is 21.0. The second-order valence-electron chi connectivity index (χ2n) is 8.67. The van der Waals surface area contributed by atoms with Crippen LogP contribution in [0.1, 0.15) is 156 Å². The fourth-order valence-corrected chi connectivity index (χ4v) is 3.49. The average molecular weight is 411 g/mol. The molecule has 0 aromatic heterocycles. The Morgan fingerprint density at radius 1 is 0.448 bits per heavy atom. The molecule has 29 heavy (non-hydrogen) atoms. The number of hydrogen-bond acceptors (Lipinski definition) is 1. The molecule has 0 rings (SSSR count). The maximum absolute atomic E-state index is 5.78. The van der Waals surface area contributed by atoms with Gasteiger partial charge in [0.2, 0.25) is 0 Å². The average Bonchev–Trinajstić information content (AvgIpc) is 2.75. The van der Waals surface area contributed by atoms with E-state index < -0.39 is 0 Å². The van der Waals surface area contributed by atoms with Gasteiger partial charge in [0, 0.05) is 13.2 Å². The molecule has 0 aliphatic heterocycles. The van der Waals surface area contributed by atoms with Crippen molar-refractivity contribution in [3.05, 3.63) is 12.7 Å². The molecule has 0 heterocycles. The summed E-state index contributed by atoms with van der Waals surface area (Å²) in [5.74, 6) is 0. The van der Waals surface area contributed by atoms with Crippen molar-refractivity contribution in [2.24, 2.45) is 0 Å². The van der Waals surface area contributed by atoms with Crippen LogP contribution in [0.25, 0.3) is 0 Å². The van der Waals surface area contributed by atoms with Crippen LogP contribution in [-0.4, -0.2) is 13.2 Å². The Bertz CT molecular complexity index is 239. The largest absolute Gasteiger partial charge is 0.381 e.